The third-order valence-corrected chi connectivity index (χ3v) is 3.17. The van der Waals surface area contributed by atoms with Crippen molar-refractivity contribution in [3.8, 4) is 0 Å². The number of nitrogens with zero attached hydrogens (tertiary/aromatic N) is 1. The maximum Gasteiger partial charge on any atom is 0.0343 e. The molecule has 0 bridgehead atoms. The van der Waals surface area contributed by atoms with E-state index in [0.29, 0.717) is 5.54 Å². The quantitative estimate of drug-likeness (QED) is 0.525. The number of hydrogen-bond donors (Lipinski definition) is 1. The molecule has 0 radical (unpaired) electrons. The molecule has 0 aliphatic carbocycles. The predicted octanol–water partition coefficient (Wildman–Crippen LogP) is 0.444. The van der Waals surface area contributed by atoms with Crippen LogP contribution in [0.2, 0.25) is 0 Å². The van der Waals surface area contributed by atoms with E-state index >= 15 is 0 Å². The molecule has 2 heteroatoms. The molecule has 1 spiro atoms. The van der Waals surface area contributed by atoms with Crippen LogP contribution in [0.25, 0.3) is 0 Å². The van der Waals surface area contributed by atoms with E-state index in [1.807, 2.05) is 0 Å². The second kappa shape index (κ2) is 2.21. The van der Waals surface area contributed by atoms with E-state index in [-0.39, 0.29) is 0 Å². The molecule has 2 saturated heterocycles. The molecule has 2 rings (SSSR count). The number of likely N-dealkylation sites (tertiary alicyclic amines) is 1. The number of rotatable bonds is 0. The first-order chi connectivity index (χ1) is 4.83. The summed E-state index contributed by atoms with van der Waals surface area (Å²) in [6.45, 7) is 3.76. The van der Waals surface area contributed by atoms with E-state index in [9.17, 15) is 0 Å². The van der Waals surface area contributed by atoms with Crippen LogP contribution in [0.3, 0.4) is 0 Å². The Hall–Kier alpha value is -0.0800. The molecule has 2 nitrogen and oxygen atoms in total. The van der Waals surface area contributed by atoms with Gasteiger partial charge in [-0.25, -0.2) is 0 Å². The molecule has 0 amide bonds. The molecule has 0 saturated carbocycles. The van der Waals surface area contributed by atoms with Crippen molar-refractivity contribution in [3.05, 3.63) is 0 Å². The Morgan fingerprint density at radius 3 is 2.80 bits per heavy atom. The van der Waals surface area contributed by atoms with Gasteiger partial charge in [0.2, 0.25) is 0 Å². The minimum Gasteiger partial charge on any atom is -0.315 e. The molecular weight excluding hydrogens is 124 g/mol. The highest BCUT2D eigenvalue weighted by Crippen LogP contribution is 2.32. The van der Waals surface area contributed by atoms with Crippen molar-refractivity contribution in [3.63, 3.8) is 0 Å². The standard InChI is InChI=1S/C8H16N2/c1-10-6-2-3-8(10)4-5-9-7-8/h9H,2-7H2,1H3/t8-/m0/s1. The lowest BCUT2D eigenvalue weighted by Crippen LogP contribution is -2.42. The minimum atomic E-state index is 0.569. The Balaban J connectivity index is 2.11. The van der Waals surface area contributed by atoms with Gasteiger partial charge in [0.1, 0.15) is 0 Å². The monoisotopic (exact) mass is 140 g/mol. The number of hydrogen-bond acceptors (Lipinski definition) is 2. The second-order valence-corrected chi connectivity index (χ2v) is 3.68. The summed E-state index contributed by atoms with van der Waals surface area (Å²) in [6.07, 6.45) is 4.18. The zero-order chi connectivity index (χ0) is 7.03. The molecular formula is C8H16N2. The van der Waals surface area contributed by atoms with Gasteiger partial charge in [-0.2, -0.15) is 0 Å². The fourth-order valence-electron chi connectivity index (χ4n) is 2.34. The first kappa shape index (κ1) is 6.62. The molecule has 0 unspecified atom stereocenters. The topological polar surface area (TPSA) is 15.3 Å². The van der Waals surface area contributed by atoms with Crippen LogP contribution in [0.5, 0.6) is 0 Å². The number of likely N-dealkylation sites (N-methyl/N-ethyl adjacent to an activating group) is 1. The van der Waals surface area contributed by atoms with Crippen LogP contribution in [0.4, 0.5) is 0 Å². The van der Waals surface area contributed by atoms with Crippen LogP contribution >= 0.6 is 0 Å². The van der Waals surface area contributed by atoms with Crippen molar-refractivity contribution in [2.24, 2.45) is 0 Å². The van der Waals surface area contributed by atoms with Gasteiger partial charge >= 0.3 is 0 Å². The molecule has 2 aliphatic heterocycles. The van der Waals surface area contributed by atoms with Crippen LogP contribution in [0.15, 0.2) is 0 Å². The van der Waals surface area contributed by atoms with E-state index in [1.54, 1.807) is 0 Å². The lowest BCUT2D eigenvalue weighted by Gasteiger charge is -2.30. The first-order valence-electron chi connectivity index (χ1n) is 4.25. The fraction of sp³-hybridized carbons (Fsp3) is 1.00. The van der Waals surface area contributed by atoms with Gasteiger partial charge in [0.05, 0.1) is 0 Å². The number of nitrogens with one attached hydrogen (secondary N) is 1. The van der Waals surface area contributed by atoms with Gasteiger partial charge in [-0.1, -0.05) is 0 Å². The fourth-order valence-corrected chi connectivity index (χ4v) is 2.34. The highest BCUT2D eigenvalue weighted by Gasteiger charge is 2.40. The summed E-state index contributed by atoms with van der Waals surface area (Å²) in [5.41, 5.74) is 0.569. The van der Waals surface area contributed by atoms with Gasteiger partial charge in [-0.15, -0.1) is 0 Å². The van der Waals surface area contributed by atoms with Gasteiger partial charge in [-0.3, -0.25) is 4.90 Å². The van der Waals surface area contributed by atoms with Crippen LogP contribution in [0, 0.1) is 0 Å². The molecule has 0 aromatic rings. The summed E-state index contributed by atoms with van der Waals surface area (Å²) < 4.78 is 0. The second-order valence-electron chi connectivity index (χ2n) is 3.68. The van der Waals surface area contributed by atoms with Crippen LogP contribution < -0.4 is 5.32 Å². The van der Waals surface area contributed by atoms with Crippen LogP contribution in [0.1, 0.15) is 19.3 Å². The summed E-state index contributed by atoms with van der Waals surface area (Å²) in [4.78, 5) is 2.53. The normalized spacial score (nSPS) is 41.7. The van der Waals surface area contributed by atoms with E-state index in [1.165, 1.54) is 38.9 Å². The Labute approximate surface area is 62.6 Å². The molecule has 58 valence electrons. The molecule has 2 aliphatic rings. The molecule has 10 heavy (non-hydrogen) atoms. The Morgan fingerprint density at radius 1 is 1.40 bits per heavy atom. The maximum atomic E-state index is 3.44. The van der Waals surface area contributed by atoms with Gasteiger partial charge in [0.15, 0.2) is 0 Å². The van der Waals surface area contributed by atoms with Crippen molar-refractivity contribution in [2.75, 3.05) is 26.7 Å². The van der Waals surface area contributed by atoms with Gasteiger partial charge in [0, 0.05) is 12.1 Å². The van der Waals surface area contributed by atoms with E-state index in [0.717, 1.165) is 0 Å². The van der Waals surface area contributed by atoms with Gasteiger partial charge in [-0.05, 0) is 39.4 Å². The summed E-state index contributed by atoms with van der Waals surface area (Å²) in [7, 11) is 2.26. The summed E-state index contributed by atoms with van der Waals surface area (Å²) in [5, 5.41) is 3.44. The van der Waals surface area contributed by atoms with E-state index in [4.69, 9.17) is 0 Å². The van der Waals surface area contributed by atoms with Crippen LogP contribution in [-0.4, -0.2) is 37.1 Å². The van der Waals surface area contributed by atoms with Crippen molar-refractivity contribution in [1.82, 2.24) is 10.2 Å². The Morgan fingerprint density at radius 2 is 2.30 bits per heavy atom. The first-order valence-corrected chi connectivity index (χ1v) is 4.25. The summed E-state index contributed by atoms with van der Waals surface area (Å²) in [6, 6.07) is 0. The predicted molar refractivity (Wildman–Crippen MR) is 42.1 cm³/mol. The van der Waals surface area contributed by atoms with Crippen molar-refractivity contribution in [1.29, 1.82) is 0 Å². The third kappa shape index (κ3) is 0.789. The van der Waals surface area contributed by atoms with Crippen molar-refractivity contribution in [2.45, 2.75) is 24.8 Å². The van der Waals surface area contributed by atoms with E-state index in [2.05, 4.69) is 17.3 Å². The summed E-state index contributed by atoms with van der Waals surface area (Å²) in [5.74, 6) is 0. The average molecular weight is 140 g/mol. The Bertz CT molecular complexity index is 122. The Kier molecular flexibility index (Phi) is 1.46. The molecule has 0 aromatic heterocycles. The molecule has 2 fully saturated rings. The average Bonchev–Trinajstić information content (AvgIpc) is 2.48. The highest BCUT2D eigenvalue weighted by atomic mass is 15.2. The largest absolute Gasteiger partial charge is 0.315 e. The molecule has 0 aromatic carbocycles. The smallest absolute Gasteiger partial charge is 0.0343 e. The van der Waals surface area contributed by atoms with Crippen molar-refractivity contribution < 1.29 is 0 Å². The maximum absolute atomic E-state index is 3.44. The highest BCUT2D eigenvalue weighted by molar-refractivity contribution is 4.99. The lowest BCUT2D eigenvalue weighted by molar-refractivity contribution is 0.196. The zero-order valence-electron chi connectivity index (χ0n) is 6.69. The lowest BCUT2D eigenvalue weighted by atomic mass is 9.96. The van der Waals surface area contributed by atoms with Gasteiger partial charge in [0.25, 0.3) is 0 Å². The minimum absolute atomic E-state index is 0.569. The SMILES string of the molecule is CN1CCC[C@@]12CCNC2. The van der Waals surface area contributed by atoms with Gasteiger partial charge < -0.3 is 5.32 Å². The molecule has 1 N–H and O–H groups in total. The van der Waals surface area contributed by atoms with Crippen LogP contribution in [-0.2, 0) is 0 Å². The van der Waals surface area contributed by atoms with Crippen molar-refractivity contribution >= 4 is 0 Å². The molecule has 2 heterocycles. The third-order valence-electron chi connectivity index (χ3n) is 3.17. The summed E-state index contributed by atoms with van der Waals surface area (Å²) >= 11 is 0. The molecule has 1 atom stereocenters. The van der Waals surface area contributed by atoms with E-state index < -0.39 is 0 Å². The zero-order valence-corrected chi connectivity index (χ0v) is 6.69.